The molecule has 0 saturated carbocycles. The minimum atomic E-state index is -4.41. The molecule has 0 bridgehead atoms. The maximum Gasteiger partial charge on any atom is 0.416 e. The molecule has 7 heteroatoms. The van der Waals surface area contributed by atoms with Crippen molar-refractivity contribution in [1.82, 2.24) is 5.32 Å². The Kier molecular flexibility index (Phi) is 6.51. The van der Waals surface area contributed by atoms with Crippen LogP contribution in [-0.4, -0.2) is 18.5 Å². The summed E-state index contributed by atoms with van der Waals surface area (Å²) in [6.07, 6.45) is -2.60. The van der Waals surface area contributed by atoms with Gasteiger partial charge in [0, 0.05) is 16.2 Å². The number of benzene rings is 1. The zero-order chi connectivity index (χ0) is 16.0. The third-order valence-corrected chi connectivity index (χ3v) is 3.55. The summed E-state index contributed by atoms with van der Waals surface area (Å²) < 4.78 is 38.4. The van der Waals surface area contributed by atoms with Crippen LogP contribution in [0.1, 0.15) is 32.3 Å². The van der Waals surface area contributed by atoms with Gasteiger partial charge in [-0.1, -0.05) is 13.3 Å². The summed E-state index contributed by atoms with van der Waals surface area (Å²) in [4.78, 5) is 11.7. The predicted molar refractivity (Wildman–Crippen MR) is 80.1 cm³/mol. The molecule has 118 valence electrons. The smallest absolute Gasteiger partial charge is 0.375 e. The van der Waals surface area contributed by atoms with Gasteiger partial charge in [0.25, 0.3) is 0 Å². The van der Waals surface area contributed by atoms with E-state index in [1.165, 1.54) is 6.07 Å². The molecular formula is C14H18BrF3N2O. The highest BCUT2D eigenvalue weighted by Gasteiger charge is 2.30. The van der Waals surface area contributed by atoms with Crippen LogP contribution in [0, 0.1) is 0 Å². The van der Waals surface area contributed by atoms with Crippen molar-refractivity contribution in [3.05, 3.63) is 28.2 Å². The normalized spacial score (nSPS) is 12.9. The van der Waals surface area contributed by atoms with E-state index in [0.29, 0.717) is 4.47 Å². The average molecular weight is 367 g/mol. The highest BCUT2D eigenvalue weighted by molar-refractivity contribution is 9.10. The molecule has 21 heavy (non-hydrogen) atoms. The number of alkyl halides is 3. The van der Waals surface area contributed by atoms with Gasteiger partial charge in [-0.3, -0.25) is 4.79 Å². The number of carbonyl (C=O) groups is 1. The van der Waals surface area contributed by atoms with Crippen LogP contribution in [-0.2, 0) is 11.0 Å². The van der Waals surface area contributed by atoms with Crippen LogP contribution >= 0.6 is 15.9 Å². The number of amides is 1. The SMILES string of the molecule is CCCC(C)NC(=O)CNc1cc(C(F)(F)F)ccc1Br. The molecule has 0 aliphatic carbocycles. The lowest BCUT2D eigenvalue weighted by molar-refractivity contribution is -0.137. The van der Waals surface area contributed by atoms with Crippen molar-refractivity contribution in [2.24, 2.45) is 0 Å². The van der Waals surface area contributed by atoms with Gasteiger partial charge in [-0.15, -0.1) is 0 Å². The Morgan fingerprint density at radius 1 is 1.38 bits per heavy atom. The number of nitrogens with one attached hydrogen (secondary N) is 2. The summed E-state index contributed by atoms with van der Waals surface area (Å²) in [6, 6.07) is 3.32. The molecule has 1 amide bonds. The summed E-state index contributed by atoms with van der Waals surface area (Å²) in [7, 11) is 0. The standard InChI is InChI=1S/C14H18BrF3N2O/c1-3-4-9(2)20-13(21)8-19-12-7-10(14(16,17)18)5-6-11(12)15/h5-7,9,19H,3-4,8H2,1-2H3,(H,20,21). The van der Waals surface area contributed by atoms with Gasteiger partial charge in [0.2, 0.25) is 5.91 Å². The summed E-state index contributed by atoms with van der Waals surface area (Å²) in [5, 5.41) is 5.49. The number of anilines is 1. The van der Waals surface area contributed by atoms with Gasteiger partial charge in [-0.05, 0) is 47.5 Å². The molecule has 0 radical (unpaired) electrons. The fraction of sp³-hybridized carbons (Fsp3) is 0.500. The van der Waals surface area contributed by atoms with Gasteiger partial charge in [-0.2, -0.15) is 13.2 Å². The van der Waals surface area contributed by atoms with E-state index in [9.17, 15) is 18.0 Å². The second kappa shape index (κ2) is 7.68. The second-order valence-corrected chi connectivity index (χ2v) is 5.66. The Morgan fingerprint density at radius 3 is 2.62 bits per heavy atom. The van der Waals surface area contributed by atoms with E-state index in [1.54, 1.807) is 0 Å². The fourth-order valence-corrected chi connectivity index (χ4v) is 2.23. The highest BCUT2D eigenvalue weighted by Crippen LogP contribution is 2.33. The van der Waals surface area contributed by atoms with Crippen molar-refractivity contribution < 1.29 is 18.0 Å². The zero-order valence-electron chi connectivity index (χ0n) is 11.9. The first-order chi connectivity index (χ1) is 9.74. The van der Waals surface area contributed by atoms with Crippen LogP contribution in [0.15, 0.2) is 22.7 Å². The second-order valence-electron chi connectivity index (χ2n) is 4.80. The van der Waals surface area contributed by atoms with Gasteiger partial charge < -0.3 is 10.6 Å². The molecule has 0 saturated heterocycles. The summed E-state index contributed by atoms with van der Waals surface area (Å²) in [5.41, 5.74) is -0.518. The Hall–Kier alpha value is -1.24. The van der Waals surface area contributed by atoms with Gasteiger partial charge in [0.1, 0.15) is 0 Å². The van der Waals surface area contributed by atoms with Gasteiger partial charge in [0.15, 0.2) is 0 Å². The molecule has 0 spiro atoms. The molecule has 0 aliphatic rings. The Bertz CT molecular complexity index is 492. The van der Waals surface area contributed by atoms with E-state index in [1.807, 2.05) is 13.8 Å². The van der Waals surface area contributed by atoms with Crippen LogP contribution in [0.3, 0.4) is 0 Å². The molecule has 3 nitrogen and oxygen atoms in total. The average Bonchev–Trinajstić information content (AvgIpc) is 2.36. The van der Waals surface area contributed by atoms with E-state index in [2.05, 4.69) is 26.6 Å². The third-order valence-electron chi connectivity index (χ3n) is 2.86. The zero-order valence-corrected chi connectivity index (χ0v) is 13.4. The molecular weight excluding hydrogens is 349 g/mol. The van der Waals surface area contributed by atoms with E-state index in [4.69, 9.17) is 0 Å². The maximum absolute atomic E-state index is 12.6. The Morgan fingerprint density at radius 2 is 2.05 bits per heavy atom. The number of rotatable bonds is 6. The van der Waals surface area contributed by atoms with Gasteiger partial charge in [-0.25, -0.2) is 0 Å². The lowest BCUT2D eigenvalue weighted by Gasteiger charge is -2.15. The van der Waals surface area contributed by atoms with Crippen LogP contribution in [0.4, 0.5) is 18.9 Å². The molecule has 1 unspecified atom stereocenters. The predicted octanol–water partition coefficient (Wildman–Crippen LogP) is 4.18. The van der Waals surface area contributed by atoms with Gasteiger partial charge in [0.05, 0.1) is 12.1 Å². The largest absolute Gasteiger partial charge is 0.416 e. The molecule has 1 atom stereocenters. The molecule has 2 N–H and O–H groups in total. The number of halogens is 4. The molecule has 0 aromatic heterocycles. The van der Waals surface area contributed by atoms with Crippen molar-refractivity contribution >= 4 is 27.5 Å². The molecule has 1 aromatic carbocycles. The molecule has 1 aromatic rings. The third kappa shape index (κ3) is 5.95. The van der Waals surface area contributed by atoms with E-state index in [0.717, 1.165) is 25.0 Å². The Labute approximate surface area is 130 Å². The van der Waals surface area contributed by atoms with Crippen molar-refractivity contribution in [1.29, 1.82) is 0 Å². The molecule has 0 aliphatic heterocycles. The quantitative estimate of drug-likeness (QED) is 0.792. The topological polar surface area (TPSA) is 41.1 Å². The fourth-order valence-electron chi connectivity index (χ4n) is 1.84. The first kappa shape index (κ1) is 17.8. The number of hydrogen-bond acceptors (Lipinski definition) is 2. The Balaban J connectivity index is 2.65. The van der Waals surface area contributed by atoms with Crippen LogP contribution < -0.4 is 10.6 Å². The first-order valence-corrected chi connectivity index (χ1v) is 7.43. The molecule has 0 heterocycles. The van der Waals surface area contributed by atoms with Crippen LogP contribution in [0.2, 0.25) is 0 Å². The number of hydrogen-bond donors (Lipinski definition) is 2. The van der Waals surface area contributed by atoms with Crippen LogP contribution in [0.25, 0.3) is 0 Å². The monoisotopic (exact) mass is 366 g/mol. The van der Waals surface area contributed by atoms with Crippen molar-refractivity contribution in [3.8, 4) is 0 Å². The minimum absolute atomic E-state index is 0.0502. The van der Waals surface area contributed by atoms with Crippen molar-refractivity contribution in [3.63, 3.8) is 0 Å². The molecule has 1 rings (SSSR count). The van der Waals surface area contributed by atoms with E-state index in [-0.39, 0.29) is 24.2 Å². The number of carbonyl (C=O) groups excluding carboxylic acids is 1. The van der Waals surface area contributed by atoms with Crippen molar-refractivity contribution in [2.45, 2.75) is 38.9 Å². The first-order valence-electron chi connectivity index (χ1n) is 6.64. The lowest BCUT2D eigenvalue weighted by atomic mass is 10.2. The maximum atomic E-state index is 12.6. The lowest BCUT2D eigenvalue weighted by Crippen LogP contribution is -2.36. The molecule has 0 fully saturated rings. The summed E-state index contributed by atoms with van der Waals surface area (Å²) in [5.74, 6) is -0.250. The minimum Gasteiger partial charge on any atom is -0.375 e. The van der Waals surface area contributed by atoms with E-state index >= 15 is 0 Å². The van der Waals surface area contributed by atoms with Crippen molar-refractivity contribution in [2.75, 3.05) is 11.9 Å². The van der Waals surface area contributed by atoms with E-state index < -0.39 is 11.7 Å². The van der Waals surface area contributed by atoms with Gasteiger partial charge >= 0.3 is 6.18 Å². The highest BCUT2D eigenvalue weighted by atomic mass is 79.9. The summed E-state index contributed by atoms with van der Waals surface area (Å²) >= 11 is 3.16. The summed E-state index contributed by atoms with van der Waals surface area (Å²) in [6.45, 7) is 3.83. The van der Waals surface area contributed by atoms with Crippen LogP contribution in [0.5, 0.6) is 0 Å².